The normalized spacial score (nSPS) is 16.9. The molecule has 2 N–H and O–H groups in total. The fraction of sp³-hybridized carbons (Fsp3) is 0.600. The second-order valence-corrected chi connectivity index (χ2v) is 1.55. The zero-order chi connectivity index (χ0) is 5.82. The molecule has 0 radical (unpaired) electrons. The van der Waals surface area contributed by atoms with Crippen molar-refractivity contribution in [3.63, 3.8) is 0 Å². The Labute approximate surface area is 48.1 Å². The van der Waals surface area contributed by atoms with Crippen LogP contribution < -0.4 is 5.73 Å². The van der Waals surface area contributed by atoms with Crippen molar-refractivity contribution in [1.82, 2.24) is 0 Å². The van der Waals surface area contributed by atoms with Crippen molar-refractivity contribution in [2.45, 2.75) is 6.42 Å². The van der Waals surface area contributed by atoms with Crippen LogP contribution in [-0.2, 0) is 9.47 Å². The van der Waals surface area contributed by atoms with Crippen molar-refractivity contribution < 1.29 is 9.47 Å². The van der Waals surface area contributed by atoms with E-state index in [2.05, 4.69) is 0 Å². The lowest BCUT2D eigenvalue weighted by molar-refractivity contribution is 0.0782. The van der Waals surface area contributed by atoms with Crippen LogP contribution in [-0.4, -0.2) is 13.3 Å². The molecule has 0 atom stereocenters. The summed E-state index contributed by atoms with van der Waals surface area (Å²) in [4.78, 5) is 0. The molecule has 0 aromatic rings. The molecule has 3 nitrogen and oxygen atoms in total. The Bertz CT molecular complexity index is 101. The molecule has 1 heterocycles. The molecule has 0 bridgehead atoms. The van der Waals surface area contributed by atoms with Crippen molar-refractivity contribution in [3.8, 4) is 0 Å². The lowest BCUT2D eigenvalue weighted by Gasteiger charge is -1.94. The Balaban J connectivity index is 2.23. The van der Waals surface area contributed by atoms with E-state index in [-0.39, 0.29) is 0 Å². The molecule has 0 aromatic heterocycles. The van der Waals surface area contributed by atoms with E-state index in [4.69, 9.17) is 15.2 Å². The minimum absolute atomic E-state index is 0.356. The first-order valence-electron chi connectivity index (χ1n) is 2.57. The van der Waals surface area contributed by atoms with Gasteiger partial charge in [-0.3, -0.25) is 0 Å². The smallest absolute Gasteiger partial charge is 0.229 e. The highest BCUT2D eigenvalue weighted by molar-refractivity contribution is 4.89. The Morgan fingerprint density at radius 3 is 3.12 bits per heavy atom. The summed E-state index contributed by atoms with van der Waals surface area (Å²) < 4.78 is 9.72. The summed E-state index contributed by atoms with van der Waals surface area (Å²) in [5, 5.41) is 0. The maximum absolute atomic E-state index is 5.23. The van der Waals surface area contributed by atoms with Gasteiger partial charge >= 0.3 is 0 Å². The summed E-state index contributed by atoms with van der Waals surface area (Å²) in [6.07, 6.45) is 2.38. The van der Waals surface area contributed by atoms with E-state index in [9.17, 15) is 0 Å². The second kappa shape index (κ2) is 2.57. The van der Waals surface area contributed by atoms with Gasteiger partial charge in [0.15, 0.2) is 0 Å². The second-order valence-electron chi connectivity index (χ2n) is 1.55. The molecule has 0 aromatic carbocycles. The Kier molecular flexibility index (Phi) is 1.75. The molecule has 0 saturated heterocycles. The first kappa shape index (κ1) is 5.44. The fourth-order valence-corrected chi connectivity index (χ4v) is 0.544. The van der Waals surface area contributed by atoms with Gasteiger partial charge in [-0.2, -0.15) is 0 Å². The average molecular weight is 115 g/mol. The zero-order valence-electron chi connectivity index (χ0n) is 4.59. The Morgan fingerprint density at radius 1 is 1.75 bits per heavy atom. The topological polar surface area (TPSA) is 44.5 Å². The molecule has 0 amide bonds. The minimum Gasteiger partial charge on any atom is -0.462 e. The van der Waals surface area contributed by atoms with Gasteiger partial charge in [-0.15, -0.1) is 0 Å². The van der Waals surface area contributed by atoms with Crippen LogP contribution in [0.4, 0.5) is 0 Å². The van der Waals surface area contributed by atoms with E-state index in [0.717, 1.165) is 12.2 Å². The van der Waals surface area contributed by atoms with E-state index in [1.165, 1.54) is 0 Å². The molecule has 0 saturated carbocycles. The van der Waals surface area contributed by atoms with E-state index >= 15 is 0 Å². The van der Waals surface area contributed by atoms with Crippen LogP contribution >= 0.6 is 0 Å². The van der Waals surface area contributed by atoms with Crippen LogP contribution in [0.25, 0.3) is 0 Å². The molecule has 1 aliphatic heterocycles. The van der Waals surface area contributed by atoms with Gasteiger partial charge < -0.3 is 15.2 Å². The maximum atomic E-state index is 5.23. The van der Waals surface area contributed by atoms with E-state index < -0.39 is 0 Å². The van der Waals surface area contributed by atoms with Crippen LogP contribution in [0.1, 0.15) is 6.42 Å². The maximum Gasteiger partial charge on any atom is 0.229 e. The largest absolute Gasteiger partial charge is 0.462 e. The molecular weight excluding hydrogens is 106 g/mol. The average Bonchev–Trinajstić information content (AvgIpc) is 2.19. The lowest BCUT2D eigenvalue weighted by atomic mass is 10.4. The van der Waals surface area contributed by atoms with Crippen molar-refractivity contribution in [1.29, 1.82) is 0 Å². The fourth-order valence-electron chi connectivity index (χ4n) is 0.544. The minimum atomic E-state index is 0.356. The quantitative estimate of drug-likeness (QED) is 0.558. The predicted molar refractivity (Wildman–Crippen MR) is 28.8 cm³/mol. The molecule has 3 heteroatoms. The van der Waals surface area contributed by atoms with Gasteiger partial charge in [0.25, 0.3) is 0 Å². The molecule has 0 unspecified atom stereocenters. The van der Waals surface area contributed by atoms with Crippen molar-refractivity contribution in [2.24, 2.45) is 5.73 Å². The molecule has 8 heavy (non-hydrogen) atoms. The van der Waals surface area contributed by atoms with Crippen LogP contribution in [0.3, 0.4) is 0 Å². The Hall–Kier alpha value is -0.700. The molecular formula is C5H9NO2. The van der Waals surface area contributed by atoms with Crippen LogP contribution in [0.2, 0.25) is 0 Å². The van der Waals surface area contributed by atoms with Crippen molar-refractivity contribution in [2.75, 3.05) is 13.3 Å². The molecule has 1 aliphatic rings. The summed E-state index contributed by atoms with van der Waals surface area (Å²) in [6, 6.07) is 0. The molecule has 0 spiro atoms. The van der Waals surface area contributed by atoms with E-state index in [1.54, 1.807) is 6.26 Å². The van der Waals surface area contributed by atoms with Gasteiger partial charge in [-0.05, 0) is 6.54 Å². The van der Waals surface area contributed by atoms with Gasteiger partial charge in [0, 0.05) is 6.42 Å². The van der Waals surface area contributed by atoms with E-state index in [0.29, 0.717) is 13.3 Å². The SMILES string of the molecule is NCCC1=COCO1. The standard InChI is InChI=1S/C5H9NO2/c6-2-1-5-3-7-4-8-5/h3H,1-2,4,6H2. The number of hydrogen-bond acceptors (Lipinski definition) is 3. The van der Waals surface area contributed by atoms with Crippen LogP contribution in [0.15, 0.2) is 12.0 Å². The first-order valence-corrected chi connectivity index (χ1v) is 2.57. The van der Waals surface area contributed by atoms with Gasteiger partial charge in [-0.25, -0.2) is 0 Å². The summed E-state index contributed by atoms with van der Waals surface area (Å²) >= 11 is 0. The van der Waals surface area contributed by atoms with Gasteiger partial charge in [0.1, 0.15) is 12.0 Å². The Morgan fingerprint density at radius 2 is 2.62 bits per heavy atom. The monoisotopic (exact) mass is 115 g/mol. The zero-order valence-corrected chi connectivity index (χ0v) is 4.59. The third-order valence-corrected chi connectivity index (χ3v) is 0.918. The summed E-state index contributed by atoms with van der Waals surface area (Å²) in [5.41, 5.74) is 5.23. The number of ether oxygens (including phenoxy) is 2. The number of hydrogen-bond donors (Lipinski definition) is 1. The van der Waals surface area contributed by atoms with Gasteiger partial charge in [-0.1, -0.05) is 0 Å². The molecule has 0 aliphatic carbocycles. The third kappa shape index (κ3) is 1.13. The van der Waals surface area contributed by atoms with Crippen molar-refractivity contribution in [3.05, 3.63) is 12.0 Å². The highest BCUT2D eigenvalue weighted by Crippen LogP contribution is 2.08. The lowest BCUT2D eigenvalue weighted by Crippen LogP contribution is -2.00. The van der Waals surface area contributed by atoms with Crippen LogP contribution in [0, 0.1) is 0 Å². The van der Waals surface area contributed by atoms with E-state index in [1.807, 2.05) is 0 Å². The molecule has 0 fully saturated rings. The number of nitrogens with two attached hydrogens (primary N) is 1. The highest BCUT2D eigenvalue weighted by Gasteiger charge is 2.02. The predicted octanol–water partition coefficient (Wildman–Crippen LogP) is 0.181. The highest BCUT2D eigenvalue weighted by atomic mass is 16.7. The van der Waals surface area contributed by atoms with Gasteiger partial charge in [0.05, 0.1) is 0 Å². The summed E-state index contributed by atoms with van der Waals surface area (Å²) in [6.45, 7) is 0.977. The van der Waals surface area contributed by atoms with Crippen molar-refractivity contribution >= 4 is 0 Å². The van der Waals surface area contributed by atoms with Gasteiger partial charge in [0.2, 0.25) is 6.79 Å². The first-order chi connectivity index (χ1) is 3.93. The third-order valence-electron chi connectivity index (χ3n) is 0.918. The molecule has 1 rings (SSSR count). The molecule has 46 valence electrons. The van der Waals surface area contributed by atoms with Crippen LogP contribution in [0.5, 0.6) is 0 Å². The summed E-state index contributed by atoms with van der Waals surface area (Å²) in [5.74, 6) is 0.854. The number of rotatable bonds is 2. The summed E-state index contributed by atoms with van der Waals surface area (Å²) in [7, 11) is 0.